The van der Waals surface area contributed by atoms with Gasteiger partial charge in [0.15, 0.2) is 0 Å². The monoisotopic (exact) mass is 264 g/mol. The van der Waals surface area contributed by atoms with Crippen molar-refractivity contribution >= 4 is 6.03 Å². The van der Waals surface area contributed by atoms with Crippen molar-refractivity contribution in [1.29, 1.82) is 0 Å². The van der Waals surface area contributed by atoms with Crippen LogP contribution < -0.4 is 5.32 Å². The third kappa shape index (κ3) is 4.26. The van der Waals surface area contributed by atoms with Gasteiger partial charge in [-0.05, 0) is 44.4 Å². The summed E-state index contributed by atoms with van der Waals surface area (Å²) in [5.74, 6) is 0.678. The summed E-state index contributed by atoms with van der Waals surface area (Å²) in [5.41, 5.74) is 0. The Morgan fingerprint density at radius 1 is 1.16 bits per heavy atom. The average Bonchev–Trinajstić information content (AvgIpc) is 2.48. The molecule has 2 rings (SSSR count). The van der Waals surface area contributed by atoms with Gasteiger partial charge in [0, 0.05) is 18.8 Å². The summed E-state index contributed by atoms with van der Waals surface area (Å²) in [6.45, 7) is 3.09. The number of amides is 2. The zero-order valence-corrected chi connectivity index (χ0v) is 12.2. The van der Waals surface area contributed by atoms with Crippen LogP contribution in [0.3, 0.4) is 0 Å². The first kappa shape index (κ1) is 14.4. The molecule has 1 aliphatic carbocycles. The van der Waals surface area contributed by atoms with Crippen molar-refractivity contribution in [2.75, 3.05) is 6.54 Å². The first-order valence-electron chi connectivity index (χ1n) is 8.05. The second-order valence-corrected chi connectivity index (χ2v) is 5.96. The highest BCUT2D eigenvalue weighted by atomic mass is 16.2. The van der Waals surface area contributed by atoms with Crippen LogP contribution in [0.1, 0.15) is 64.7 Å². The highest BCUT2D eigenvalue weighted by molar-refractivity contribution is 5.75. The van der Waals surface area contributed by atoms with E-state index in [2.05, 4.69) is 18.3 Å². The zero-order valence-electron chi connectivity index (χ0n) is 12.2. The van der Waals surface area contributed by atoms with Crippen LogP contribution in [0.5, 0.6) is 0 Å². The van der Waals surface area contributed by atoms with Crippen LogP contribution in [0.2, 0.25) is 0 Å². The van der Waals surface area contributed by atoms with Crippen molar-refractivity contribution in [3.63, 3.8) is 0 Å². The minimum absolute atomic E-state index is 0.0959. The molecule has 0 aromatic rings. The molecule has 1 saturated carbocycles. The van der Waals surface area contributed by atoms with Gasteiger partial charge < -0.3 is 10.2 Å². The molecule has 2 aliphatic rings. The Kier molecular flexibility index (Phi) is 5.74. The average molecular weight is 264 g/mol. The van der Waals surface area contributed by atoms with Crippen molar-refractivity contribution in [2.45, 2.75) is 70.8 Å². The molecule has 19 heavy (non-hydrogen) atoms. The summed E-state index contributed by atoms with van der Waals surface area (Å²) >= 11 is 0. The Bertz CT molecular complexity index is 308. The van der Waals surface area contributed by atoms with Crippen LogP contribution in [0.25, 0.3) is 0 Å². The van der Waals surface area contributed by atoms with Gasteiger partial charge in [0.05, 0.1) is 0 Å². The third-order valence-corrected chi connectivity index (χ3v) is 4.58. The van der Waals surface area contributed by atoms with Gasteiger partial charge in [0.2, 0.25) is 0 Å². The highest BCUT2D eigenvalue weighted by Gasteiger charge is 2.24. The molecular formula is C16H28N2O. The predicted molar refractivity (Wildman–Crippen MR) is 78.9 cm³/mol. The molecule has 1 saturated heterocycles. The number of urea groups is 1. The lowest BCUT2D eigenvalue weighted by molar-refractivity contribution is 0.152. The Morgan fingerprint density at radius 3 is 2.63 bits per heavy atom. The minimum atomic E-state index is 0.0959. The van der Waals surface area contributed by atoms with Gasteiger partial charge >= 0.3 is 6.03 Å². The molecule has 2 amide bonds. The lowest BCUT2D eigenvalue weighted by atomic mass is 9.89. The number of allylic oxidation sites excluding steroid dienone is 1. The van der Waals surface area contributed by atoms with E-state index >= 15 is 0 Å². The molecule has 0 aromatic carbocycles. The molecule has 108 valence electrons. The molecule has 0 bridgehead atoms. The lowest BCUT2D eigenvalue weighted by Gasteiger charge is -2.34. The van der Waals surface area contributed by atoms with Crippen molar-refractivity contribution in [1.82, 2.24) is 10.2 Å². The third-order valence-electron chi connectivity index (χ3n) is 4.58. The van der Waals surface area contributed by atoms with Crippen LogP contribution in [0.4, 0.5) is 4.79 Å². The smallest absolute Gasteiger partial charge is 0.321 e. The lowest BCUT2D eigenvalue weighted by Crippen LogP contribution is -2.47. The Balaban J connectivity index is 1.77. The molecule has 3 heteroatoms. The molecule has 1 unspecified atom stereocenters. The van der Waals surface area contributed by atoms with Gasteiger partial charge in [0.1, 0.15) is 0 Å². The fourth-order valence-electron chi connectivity index (χ4n) is 3.36. The summed E-state index contributed by atoms with van der Waals surface area (Å²) < 4.78 is 0. The SMILES string of the molecule is CCC1CCCCN1C(=O)N/C=C/C1CCCCC1. The first-order valence-corrected chi connectivity index (χ1v) is 8.05. The predicted octanol–water partition coefficient (Wildman–Crippen LogP) is 4.05. The molecule has 0 spiro atoms. The molecule has 1 atom stereocenters. The fourth-order valence-corrected chi connectivity index (χ4v) is 3.36. The molecule has 0 radical (unpaired) electrons. The molecule has 1 N–H and O–H groups in total. The summed E-state index contributed by atoms with van der Waals surface area (Å²) in [5, 5.41) is 2.97. The standard InChI is InChI=1S/C16H28N2O/c1-2-15-10-6-7-13-18(15)16(19)17-12-11-14-8-4-3-5-9-14/h11-12,14-15H,2-10,13H2,1H3,(H,17,19)/b12-11+. The number of rotatable bonds is 3. The maximum absolute atomic E-state index is 12.2. The number of carbonyl (C=O) groups excluding carboxylic acids is 1. The van der Waals surface area contributed by atoms with E-state index in [0.717, 1.165) is 25.8 Å². The van der Waals surface area contributed by atoms with Gasteiger partial charge in [-0.3, -0.25) is 0 Å². The van der Waals surface area contributed by atoms with Crippen LogP contribution >= 0.6 is 0 Å². The van der Waals surface area contributed by atoms with Crippen LogP contribution in [0, 0.1) is 5.92 Å². The van der Waals surface area contributed by atoms with E-state index in [0.29, 0.717) is 12.0 Å². The summed E-state index contributed by atoms with van der Waals surface area (Å²) in [4.78, 5) is 14.2. The number of piperidine rings is 1. The Hall–Kier alpha value is -0.990. The van der Waals surface area contributed by atoms with Crippen molar-refractivity contribution in [3.05, 3.63) is 12.3 Å². The van der Waals surface area contributed by atoms with Gasteiger partial charge in [-0.1, -0.05) is 32.3 Å². The first-order chi connectivity index (χ1) is 9.31. The summed E-state index contributed by atoms with van der Waals surface area (Å²) in [6.07, 6.45) is 15.4. The number of hydrogen-bond acceptors (Lipinski definition) is 1. The minimum Gasteiger partial charge on any atom is -0.322 e. The number of likely N-dealkylation sites (tertiary alicyclic amines) is 1. The molecule has 0 aromatic heterocycles. The Morgan fingerprint density at radius 2 is 1.89 bits per heavy atom. The second kappa shape index (κ2) is 7.56. The van der Waals surface area contributed by atoms with E-state index in [1.165, 1.54) is 38.5 Å². The van der Waals surface area contributed by atoms with Gasteiger partial charge in [-0.25, -0.2) is 4.79 Å². The molecule has 3 nitrogen and oxygen atoms in total. The fraction of sp³-hybridized carbons (Fsp3) is 0.812. The van der Waals surface area contributed by atoms with E-state index in [-0.39, 0.29) is 6.03 Å². The molecule has 1 aliphatic heterocycles. The number of carbonyl (C=O) groups is 1. The van der Waals surface area contributed by atoms with Crippen LogP contribution in [-0.4, -0.2) is 23.5 Å². The summed E-state index contributed by atoms with van der Waals surface area (Å²) in [7, 11) is 0. The van der Waals surface area contributed by atoms with E-state index in [1.54, 1.807) is 0 Å². The molecule has 1 heterocycles. The zero-order chi connectivity index (χ0) is 13.5. The molecule has 2 fully saturated rings. The normalized spacial score (nSPS) is 25.7. The maximum Gasteiger partial charge on any atom is 0.321 e. The maximum atomic E-state index is 12.2. The van der Waals surface area contributed by atoms with Gasteiger partial charge in [-0.15, -0.1) is 0 Å². The van der Waals surface area contributed by atoms with Crippen molar-refractivity contribution in [2.24, 2.45) is 5.92 Å². The summed E-state index contributed by atoms with van der Waals surface area (Å²) in [6, 6.07) is 0.537. The second-order valence-electron chi connectivity index (χ2n) is 5.96. The number of nitrogens with one attached hydrogen (secondary N) is 1. The van der Waals surface area contributed by atoms with E-state index in [4.69, 9.17) is 0 Å². The van der Waals surface area contributed by atoms with Crippen LogP contribution in [-0.2, 0) is 0 Å². The molecular weight excluding hydrogens is 236 g/mol. The van der Waals surface area contributed by atoms with Crippen molar-refractivity contribution < 1.29 is 4.79 Å². The number of hydrogen-bond donors (Lipinski definition) is 1. The van der Waals surface area contributed by atoms with Crippen molar-refractivity contribution in [3.8, 4) is 0 Å². The van der Waals surface area contributed by atoms with E-state index in [9.17, 15) is 4.79 Å². The Labute approximate surface area is 117 Å². The van der Waals surface area contributed by atoms with E-state index in [1.807, 2.05) is 11.1 Å². The van der Waals surface area contributed by atoms with Gasteiger partial charge in [-0.2, -0.15) is 0 Å². The topological polar surface area (TPSA) is 32.3 Å². The largest absolute Gasteiger partial charge is 0.322 e. The highest BCUT2D eigenvalue weighted by Crippen LogP contribution is 2.24. The van der Waals surface area contributed by atoms with E-state index < -0.39 is 0 Å². The number of nitrogens with zero attached hydrogens (tertiary/aromatic N) is 1. The van der Waals surface area contributed by atoms with Crippen LogP contribution in [0.15, 0.2) is 12.3 Å². The quantitative estimate of drug-likeness (QED) is 0.819. The van der Waals surface area contributed by atoms with Gasteiger partial charge in [0.25, 0.3) is 0 Å².